The first-order valence-corrected chi connectivity index (χ1v) is 10.7. The second kappa shape index (κ2) is 9.09. The molecule has 0 saturated carbocycles. The molecule has 7 nitrogen and oxygen atoms in total. The van der Waals surface area contributed by atoms with Crippen LogP contribution in [-0.2, 0) is 12.8 Å². The Hall–Kier alpha value is -3.87. The summed E-state index contributed by atoms with van der Waals surface area (Å²) >= 11 is 0. The summed E-state index contributed by atoms with van der Waals surface area (Å²) in [6, 6.07) is 14.0. The smallest absolute Gasteiger partial charge is 0.291 e. The fourth-order valence-electron chi connectivity index (χ4n) is 3.85. The minimum atomic E-state index is -0.502. The number of para-hydroxylation sites is 1. The van der Waals surface area contributed by atoms with E-state index in [0.29, 0.717) is 35.6 Å². The van der Waals surface area contributed by atoms with Gasteiger partial charge in [0.1, 0.15) is 11.5 Å². The minimum absolute atomic E-state index is 0.111. The highest BCUT2D eigenvalue weighted by atomic mass is 16.4. The molecule has 32 heavy (non-hydrogen) atoms. The first kappa shape index (κ1) is 21.4. The average Bonchev–Trinajstić information content (AvgIpc) is 3.15. The van der Waals surface area contributed by atoms with Gasteiger partial charge in [-0.05, 0) is 56.0 Å². The van der Waals surface area contributed by atoms with Crippen LogP contribution in [0.3, 0.4) is 0 Å². The maximum Gasteiger partial charge on any atom is 0.291 e. The lowest BCUT2D eigenvalue weighted by Crippen LogP contribution is -2.22. The molecule has 3 N–H and O–H groups in total. The van der Waals surface area contributed by atoms with Crippen molar-refractivity contribution in [3.8, 4) is 5.75 Å². The summed E-state index contributed by atoms with van der Waals surface area (Å²) in [7, 11) is 0. The Morgan fingerprint density at radius 1 is 1.06 bits per heavy atom. The molecule has 3 aromatic rings. The standard InChI is InChI=1S/C25H25N3O4/c1-3-16-11-13-17(14-12-16)26-25(31)23-15(2)22-19(8-6-10-21(22)32-23)27-28-24(30)18-7-4-5-9-20(18)29/h4-5,7,9,11-14,29H,3,6,8,10H2,1-2H3,(H,26,31)(H,28,30)/b27-19+. The zero-order valence-corrected chi connectivity index (χ0v) is 18.1. The molecule has 0 saturated heterocycles. The third kappa shape index (κ3) is 4.27. The molecule has 1 aliphatic rings. The SMILES string of the molecule is CCc1ccc(NC(=O)c2oc3c(c2C)/C(=N/NC(=O)c2ccccc2O)CCC3)cc1. The zero-order valence-electron chi connectivity index (χ0n) is 18.1. The second-order valence-corrected chi connectivity index (χ2v) is 7.73. The number of aromatic hydroxyl groups is 1. The Kier molecular flexibility index (Phi) is 6.07. The fraction of sp³-hybridized carbons (Fsp3) is 0.240. The Bertz CT molecular complexity index is 1190. The molecular formula is C25H25N3O4. The number of hydrogen-bond acceptors (Lipinski definition) is 5. The molecule has 164 valence electrons. The number of carbonyl (C=O) groups is 2. The van der Waals surface area contributed by atoms with Gasteiger partial charge in [0, 0.05) is 23.2 Å². The van der Waals surface area contributed by atoms with Gasteiger partial charge in [0.15, 0.2) is 5.76 Å². The van der Waals surface area contributed by atoms with Crippen LogP contribution in [0.4, 0.5) is 5.69 Å². The van der Waals surface area contributed by atoms with Crippen molar-refractivity contribution in [3.05, 3.63) is 82.3 Å². The van der Waals surface area contributed by atoms with Crippen molar-refractivity contribution in [1.29, 1.82) is 0 Å². The van der Waals surface area contributed by atoms with Crippen molar-refractivity contribution in [2.75, 3.05) is 5.32 Å². The lowest BCUT2D eigenvalue weighted by atomic mass is 9.93. The lowest BCUT2D eigenvalue weighted by Gasteiger charge is -2.13. The molecule has 1 aliphatic carbocycles. The number of hydrogen-bond donors (Lipinski definition) is 3. The molecule has 7 heteroatoms. The summed E-state index contributed by atoms with van der Waals surface area (Å²) in [5.74, 6) is 0.00282. The Balaban J connectivity index is 1.55. The number of furan rings is 1. The van der Waals surface area contributed by atoms with Gasteiger partial charge in [0.2, 0.25) is 0 Å². The normalized spacial score (nSPS) is 14.1. The molecule has 0 aliphatic heterocycles. The summed E-state index contributed by atoms with van der Waals surface area (Å²) in [4.78, 5) is 25.3. The molecule has 1 aromatic heterocycles. The van der Waals surface area contributed by atoms with Crippen molar-refractivity contribution in [2.24, 2.45) is 5.10 Å². The van der Waals surface area contributed by atoms with Crippen LogP contribution >= 0.6 is 0 Å². The van der Waals surface area contributed by atoms with E-state index in [4.69, 9.17) is 4.42 Å². The molecule has 0 fully saturated rings. The predicted molar refractivity (Wildman–Crippen MR) is 122 cm³/mol. The van der Waals surface area contributed by atoms with Gasteiger partial charge in [-0.1, -0.05) is 31.2 Å². The van der Waals surface area contributed by atoms with Crippen LogP contribution in [0.1, 0.15) is 63.1 Å². The summed E-state index contributed by atoms with van der Waals surface area (Å²) in [5.41, 5.74) is 6.66. The first-order chi connectivity index (χ1) is 15.5. The Labute approximate surface area is 186 Å². The number of rotatable bonds is 5. The van der Waals surface area contributed by atoms with E-state index in [2.05, 4.69) is 22.8 Å². The Morgan fingerprint density at radius 3 is 2.53 bits per heavy atom. The number of hydrazone groups is 1. The predicted octanol–water partition coefficient (Wildman–Crippen LogP) is 4.58. The Morgan fingerprint density at radius 2 is 1.81 bits per heavy atom. The van der Waals surface area contributed by atoms with Gasteiger partial charge in [0.25, 0.3) is 11.8 Å². The largest absolute Gasteiger partial charge is 0.507 e. The van der Waals surface area contributed by atoms with Crippen molar-refractivity contribution >= 4 is 23.2 Å². The molecule has 0 bridgehead atoms. The molecule has 4 rings (SSSR count). The number of carbonyl (C=O) groups excluding carboxylic acids is 2. The number of amides is 2. The molecule has 0 unspecified atom stereocenters. The number of fused-ring (bicyclic) bond motifs is 1. The van der Waals surface area contributed by atoms with Gasteiger partial charge in [-0.2, -0.15) is 5.10 Å². The fourth-order valence-corrected chi connectivity index (χ4v) is 3.85. The van der Waals surface area contributed by atoms with E-state index in [1.807, 2.05) is 31.2 Å². The van der Waals surface area contributed by atoms with E-state index in [0.717, 1.165) is 18.4 Å². The number of phenols is 1. The minimum Gasteiger partial charge on any atom is -0.507 e. The summed E-state index contributed by atoms with van der Waals surface area (Å²) in [6.07, 6.45) is 3.07. The van der Waals surface area contributed by atoms with E-state index >= 15 is 0 Å². The van der Waals surface area contributed by atoms with Gasteiger partial charge in [-0.15, -0.1) is 0 Å². The van der Waals surface area contributed by atoms with E-state index in [-0.39, 0.29) is 23.0 Å². The van der Waals surface area contributed by atoms with Crippen LogP contribution in [-0.4, -0.2) is 22.6 Å². The number of nitrogens with zero attached hydrogens (tertiary/aromatic N) is 1. The van der Waals surface area contributed by atoms with Gasteiger partial charge < -0.3 is 14.8 Å². The van der Waals surface area contributed by atoms with Gasteiger partial charge in [-0.3, -0.25) is 9.59 Å². The summed E-state index contributed by atoms with van der Waals surface area (Å²) < 4.78 is 5.91. The highest BCUT2D eigenvalue weighted by Gasteiger charge is 2.28. The van der Waals surface area contributed by atoms with Crippen LogP contribution in [0.15, 0.2) is 58.0 Å². The van der Waals surface area contributed by atoms with Crippen LogP contribution in [0.2, 0.25) is 0 Å². The highest BCUT2D eigenvalue weighted by Crippen LogP contribution is 2.30. The van der Waals surface area contributed by atoms with Crippen molar-refractivity contribution in [3.63, 3.8) is 0 Å². The monoisotopic (exact) mass is 431 g/mol. The maximum absolute atomic E-state index is 12.9. The number of benzene rings is 2. The van der Waals surface area contributed by atoms with Gasteiger partial charge >= 0.3 is 0 Å². The van der Waals surface area contributed by atoms with Gasteiger partial charge in [0.05, 0.1) is 11.3 Å². The molecule has 0 radical (unpaired) electrons. The molecular weight excluding hydrogens is 406 g/mol. The quantitative estimate of drug-likeness (QED) is 0.515. The van der Waals surface area contributed by atoms with Crippen LogP contribution in [0.5, 0.6) is 5.75 Å². The van der Waals surface area contributed by atoms with E-state index < -0.39 is 5.91 Å². The maximum atomic E-state index is 12.9. The third-order valence-corrected chi connectivity index (χ3v) is 5.59. The van der Waals surface area contributed by atoms with Gasteiger partial charge in [-0.25, -0.2) is 5.43 Å². The summed E-state index contributed by atoms with van der Waals surface area (Å²) in [5, 5.41) is 17.0. The van der Waals surface area contributed by atoms with Crippen molar-refractivity contribution < 1.29 is 19.1 Å². The zero-order chi connectivity index (χ0) is 22.7. The first-order valence-electron chi connectivity index (χ1n) is 10.7. The van der Waals surface area contributed by atoms with Crippen LogP contribution < -0.4 is 10.7 Å². The van der Waals surface area contributed by atoms with Crippen molar-refractivity contribution in [1.82, 2.24) is 5.43 Å². The van der Waals surface area contributed by atoms with E-state index in [1.165, 1.54) is 17.7 Å². The molecule has 0 spiro atoms. The number of nitrogens with one attached hydrogen (secondary N) is 2. The third-order valence-electron chi connectivity index (χ3n) is 5.59. The summed E-state index contributed by atoms with van der Waals surface area (Å²) in [6.45, 7) is 3.90. The highest BCUT2D eigenvalue weighted by molar-refractivity contribution is 6.09. The van der Waals surface area contributed by atoms with E-state index in [1.54, 1.807) is 12.1 Å². The average molecular weight is 431 g/mol. The molecule has 2 aromatic carbocycles. The number of anilines is 1. The van der Waals surface area contributed by atoms with Crippen LogP contribution in [0.25, 0.3) is 0 Å². The molecule has 0 atom stereocenters. The molecule has 1 heterocycles. The number of aryl methyl sites for hydroxylation is 2. The van der Waals surface area contributed by atoms with Crippen LogP contribution in [0, 0.1) is 6.92 Å². The van der Waals surface area contributed by atoms with Crippen molar-refractivity contribution in [2.45, 2.75) is 39.5 Å². The van der Waals surface area contributed by atoms with E-state index in [9.17, 15) is 14.7 Å². The lowest BCUT2D eigenvalue weighted by molar-refractivity contribution is 0.0950. The molecule has 2 amide bonds. The number of phenolic OH excluding ortho intramolecular Hbond substituents is 1. The second-order valence-electron chi connectivity index (χ2n) is 7.73. The topological polar surface area (TPSA) is 104 Å².